The third-order valence-electron chi connectivity index (χ3n) is 3.11. The molecular formula is C16H13NO2. The normalized spacial score (nSPS) is 10.6. The zero-order chi connectivity index (χ0) is 13.2. The molecule has 1 N–H and O–H groups in total. The van der Waals surface area contributed by atoms with Gasteiger partial charge in [0.1, 0.15) is 11.5 Å². The van der Waals surface area contributed by atoms with E-state index >= 15 is 0 Å². The van der Waals surface area contributed by atoms with Crippen LogP contribution in [0.1, 0.15) is 0 Å². The molecule has 94 valence electrons. The highest BCUT2D eigenvalue weighted by Crippen LogP contribution is 2.33. The van der Waals surface area contributed by atoms with Gasteiger partial charge >= 0.3 is 0 Å². The highest BCUT2D eigenvalue weighted by Gasteiger charge is 2.07. The average Bonchev–Trinajstić information content (AvgIpc) is 2.46. The summed E-state index contributed by atoms with van der Waals surface area (Å²) >= 11 is 0. The first-order valence-electron chi connectivity index (χ1n) is 5.99. The number of benzene rings is 2. The van der Waals surface area contributed by atoms with E-state index in [0.29, 0.717) is 5.75 Å². The van der Waals surface area contributed by atoms with Crippen molar-refractivity contribution >= 4 is 10.8 Å². The van der Waals surface area contributed by atoms with Gasteiger partial charge in [0, 0.05) is 11.8 Å². The molecule has 0 aliphatic carbocycles. The van der Waals surface area contributed by atoms with E-state index in [4.69, 9.17) is 4.74 Å². The molecule has 0 fully saturated rings. The molecule has 19 heavy (non-hydrogen) atoms. The monoisotopic (exact) mass is 251 g/mol. The predicted octanol–water partition coefficient (Wildman–Crippen LogP) is 3.62. The zero-order valence-corrected chi connectivity index (χ0v) is 10.5. The Kier molecular flexibility index (Phi) is 2.80. The Balaban J connectivity index is 2.29. The van der Waals surface area contributed by atoms with Gasteiger partial charge in [-0.2, -0.15) is 0 Å². The second-order valence-corrected chi connectivity index (χ2v) is 4.33. The number of aromatic hydroxyl groups is 1. The molecule has 0 aliphatic rings. The van der Waals surface area contributed by atoms with Crippen LogP contribution in [0.5, 0.6) is 11.5 Å². The molecule has 3 rings (SSSR count). The van der Waals surface area contributed by atoms with Gasteiger partial charge in [-0.25, -0.2) is 0 Å². The van der Waals surface area contributed by atoms with Gasteiger partial charge in [0.15, 0.2) is 0 Å². The van der Waals surface area contributed by atoms with Gasteiger partial charge < -0.3 is 9.84 Å². The molecule has 3 nitrogen and oxygen atoms in total. The summed E-state index contributed by atoms with van der Waals surface area (Å²) in [6.07, 6.45) is 3.43. The van der Waals surface area contributed by atoms with Crippen molar-refractivity contribution in [3.05, 3.63) is 54.9 Å². The molecule has 0 bridgehead atoms. The number of rotatable bonds is 2. The van der Waals surface area contributed by atoms with Crippen LogP contribution < -0.4 is 4.74 Å². The number of phenols is 1. The molecule has 0 aliphatic heterocycles. The van der Waals surface area contributed by atoms with Crippen LogP contribution in [-0.4, -0.2) is 17.2 Å². The molecule has 0 spiro atoms. The van der Waals surface area contributed by atoms with Gasteiger partial charge in [-0.15, -0.1) is 0 Å². The number of ether oxygens (including phenoxy) is 1. The molecule has 2 aromatic carbocycles. The lowest BCUT2D eigenvalue weighted by atomic mass is 9.99. The van der Waals surface area contributed by atoms with Crippen LogP contribution in [0.2, 0.25) is 0 Å². The highest BCUT2D eigenvalue weighted by atomic mass is 16.5. The van der Waals surface area contributed by atoms with Crippen molar-refractivity contribution in [1.29, 1.82) is 0 Å². The fraction of sp³-hybridized carbons (Fsp3) is 0.0625. The zero-order valence-electron chi connectivity index (χ0n) is 10.5. The largest absolute Gasteiger partial charge is 0.508 e. The molecule has 3 heteroatoms. The third-order valence-corrected chi connectivity index (χ3v) is 3.11. The summed E-state index contributed by atoms with van der Waals surface area (Å²) in [4.78, 5) is 4.16. The Hall–Kier alpha value is -2.55. The molecule has 0 unspecified atom stereocenters. The van der Waals surface area contributed by atoms with Crippen molar-refractivity contribution in [1.82, 2.24) is 4.98 Å². The van der Waals surface area contributed by atoms with Gasteiger partial charge in [-0.1, -0.05) is 24.3 Å². The number of hydrogen-bond donors (Lipinski definition) is 1. The van der Waals surface area contributed by atoms with Crippen LogP contribution >= 0.6 is 0 Å². The smallest absolute Gasteiger partial charge is 0.137 e. The van der Waals surface area contributed by atoms with Gasteiger partial charge in [0.25, 0.3) is 0 Å². The summed E-state index contributed by atoms with van der Waals surface area (Å²) in [6, 6.07) is 13.4. The number of nitrogens with zero attached hydrogens (tertiary/aromatic N) is 1. The van der Waals surface area contributed by atoms with Gasteiger partial charge in [0.05, 0.1) is 13.3 Å². The highest BCUT2D eigenvalue weighted by molar-refractivity contribution is 5.97. The van der Waals surface area contributed by atoms with Gasteiger partial charge in [0.2, 0.25) is 0 Å². The Morgan fingerprint density at radius 1 is 1.05 bits per heavy atom. The molecule has 0 saturated carbocycles. The number of fused-ring (bicyclic) bond motifs is 1. The topological polar surface area (TPSA) is 42.4 Å². The fourth-order valence-electron chi connectivity index (χ4n) is 2.21. The summed E-state index contributed by atoms with van der Waals surface area (Å²) in [5.74, 6) is 0.946. The van der Waals surface area contributed by atoms with Crippen LogP contribution in [0.4, 0.5) is 0 Å². The molecule has 1 heterocycles. The lowest BCUT2D eigenvalue weighted by Crippen LogP contribution is -1.87. The minimum atomic E-state index is 0.247. The number of methoxy groups -OCH3 is 1. The van der Waals surface area contributed by atoms with Crippen molar-refractivity contribution in [2.75, 3.05) is 7.11 Å². The summed E-state index contributed by atoms with van der Waals surface area (Å²) in [6.45, 7) is 0. The van der Waals surface area contributed by atoms with Crippen molar-refractivity contribution < 1.29 is 9.84 Å². The van der Waals surface area contributed by atoms with Gasteiger partial charge in [-0.3, -0.25) is 4.98 Å². The van der Waals surface area contributed by atoms with Gasteiger partial charge in [-0.05, 0) is 34.5 Å². The first-order valence-corrected chi connectivity index (χ1v) is 5.99. The number of pyridine rings is 1. The maximum Gasteiger partial charge on any atom is 0.137 e. The second-order valence-electron chi connectivity index (χ2n) is 4.33. The van der Waals surface area contributed by atoms with Crippen LogP contribution in [0.3, 0.4) is 0 Å². The molecule has 0 saturated heterocycles. The predicted molar refractivity (Wildman–Crippen MR) is 75.4 cm³/mol. The second kappa shape index (κ2) is 4.61. The standard InChI is InChI=1S/C16H13NO2/c1-19-14-7-12(9-17-10-14)16-8-13(18)6-11-4-2-3-5-15(11)16/h2-10,18H,1H3. The molecule has 0 radical (unpaired) electrons. The summed E-state index contributed by atoms with van der Waals surface area (Å²) in [5.41, 5.74) is 1.87. The lowest BCUT2D eigenvalue weighted by Gasteiger charge is -2.09. The molecule has 0 amide bonds. The average molecular weight is 251 g/mol. The SMILES string of the molecule is COc1cncc(-c2cc(O)cc3ccccc23)c1. The van der Waals surface area contributed by atoms with Crippen molar-refractivity contribution in [2.45, 2.75) is 0 Å². The van der Waals surface area contributed by atoms with E-state index in [1.807, 2.05) is 30.3 Å². The minimum Gasteiger partial charge on any atom is -0.508 e. The van der Waals surface area contributed by atoms with E-state index in [1.54, 1.807) is 31.6 Å². The quantitative estimate of drug-likeness (QED) is 0.756. The number of aromatic nitrogens is 1. The summed E-state index contributed by atoms with van der Waals surface area (Å²) in [5, 5.41) is 11.9. The van der Waals surface area contributed by atoms with E-state index < -0.39 is 0 Å². The minimum absolute atomic E-state index is 0.247. The van der Waals surface area contributed by atoms with E-state index in [-0.39, 0.29) is 5.75 Å². The van der Waals surface area contributed by atoms with Crippen LogP contribution in [-0.2, 0) is 0 Å². The van der Waals surface area contributed by atoms with E-state index in [9.17, 15) is 5.11 Å². The van der Waals surface area contributed by atoms with E-state index in [1.165, 1.54) is 0 Å². The third kappa shape index (κ3) is 2.10. The van der Waals surface area contributed by atoms with E-state index in [0.717, 1.165) is 21.9 Å². The van der Waals surface area contributed by atoms with Crippen LogP contribution in [0.15, 0.2) is 54.9 Å². The van der Waals surface area contributed by atoms with Crippen molar-refractivity contribution in [3.8, 4) is 22.6 Å². The lowest BCUT2D eigenvalue weighted by molar-refractivity contribution is 0.413. The first-order chi connectivity index (χ1) is 9.28. The fourth-order valence-corrected chi connectivity index (χ4v) is 2.21. The Morgan fingerprint density at radius 3 is 2.74 bits per heavy atom. The van der Waals surface area contributed by atoms with Crippen molar-refractivity contribution in [2.24, 2.45) is 0 Å². The Morgan fingerprint density at radius 2 is 1.89 bits per heavy atom. The molecule has 3 aromatic rings. The number of hydrogen-bond acceptors (Lipinski definition) is 3. The van der Waals surface area contributed by atoms with Crippen LogP contribution in [0, 0.1) is 0 Å². The Labute approximate surface area is 111 Å². The molecular weight excluding hydrogens is 238 g/mol. The Bertz CT molecular complexity index is 738. The molecule has 0 atom stereocenters. The maximum absolute atomic E-state index is 9.85. The van der Waals surface area contributed by atoms with Crippen LogP contribution in [0.25, 0.3) is 21.9 Å². The summed E-state index contributed by atoms with van der Waals surface area (Å²) in [7, 11) is 1.61. The molecule has 1 aromatic heterocycles. The van der Waals surface area contributed by atoms with E-state index in [2.05, 4.69) is 4.98 Å². The summed E-state index contributed by atoms with van der Waals surface area (Å²) < 4.78 is 5.19. The number of phenolic OH excluding ortho intramolecular Hbond substituents is 1. The maximum atomic E-state index is 9.85. The first kappa shape index (κ1) is 11.5. The van der Waals surface area contributed by atoms with Crippen molar-refractivity contribution in [3.63, 3.8) is 0 Å².